The molecule has 0 radical (unpaired) electrons. The highest BCUT2D eigenvalue weighted by Crippen LogP contribution is 2.65. The summed E-state index contributed by atoms with van der Waals surface area (Å²) in [5.74, 6) is 0.909. The molecule has 1 heterocycles. The van der Waals surface area contributed by atoms with Gasteiger partial charge < -0.3 is 9.47 Å². The van der Waals surface area contributed by atoms with Crippen LogP contribution in [-0.4, -0.2) is 26.0 Å². The fourth-order valence-corrected chi connectivity index (χ4v) is 6.34. The summed E-state index contributed by atoms with van der Waals surface area (Å²) in [4.78, 5) is 5.47. The number of fused-ring (bicyclic) bond motifs is 5. The molecule has 4 heteroatoms. The van der Waals surface area contributed by atoms with E-state index in [-0.39, 0.29) is 11.0 Å². The summed E-state index contributed by atoms with van der Waals surface area (Å²) >= 11 is 3.72. The third-order valence-corrected chi connectivity index (χ3v) is 7.82. The van der Waals surface area contributed by atoms with Gasteiger partial charge in [-0.25, -0.2) is 0 Å². The lowest BCUT2D eigenvalue weighted by atomic mass is 9.59. The zero-order chi connectivity index (χ0) is 19.5. The molecule has 0 saturated heterocycles. The summed E-state index contributed by atoms with van der Waals surface area (Å²) in [6.07, 6.45) is 5.91. The van der Waals surface area contributed by atoms with Crippen LogP contribution in [0.5, 0.6) is 5.75 Å². The van der Waals surface area contributed by atoms with Crippen LogP contribution in [-0.2, 0) is 16.7 Å². The van der Waals surface area contributed by atoms with E-state index in [1.54, 1.807) is 7.11 Å². The molecule has 0 bridgehead atoms. The highest BCUT2D eigenvalue weighted by molar-refractivity contribution is 9.10. The third-order valence-electron chi connectivity index (χ3n) is 7.32. The van der Waals surface area contributed by atoms with Crippen molar-refractivity contribution in [3.05, 3.63) is 63.1 Å². The van der Waals surface area contributed by atoms with Gasteiger partial charge in [0.25, 0.3) is 0 Å². The van der Waals surface area contributed by atoms with Crippen LogP contribution in [0.1, 0.15) is 54.9 Å². The van der Waals surface area contributed by atoms with Gasteiger partial charge in [-0.3, -0.25) is 4.99 Å². The average molecular weight is 440 g/mol. The minimum atomic E-state index is -0.321. The Morgan fingerprint density at radius 2 is 1.82 bits per heavy atom. The predicted molar refractivity (Wildman–Crippen MR) is 116 cm³/mol. The minimum absolute atomic E-state index is 0.101. The number of hydrogen-bond donors (Lipinski definition) is 0. The quantitative estimate of drug-likeness (QED) is 0.604. The normalized spacial score (nSPS) is 30.4. The molecule has 2 spiro atoms. The van der Waals surface area contributed by atoms with Gasteiger partial charge in [-0.1, -0.05) is 22.0 Å². The second-order valence-corrected chi connectivity index (χ2v) is 9.43. The van der Waals surface area contributed by atoms with Gasteiger partial charge in [0.2, 0.25) is 0 Å². The van der Waals surface area contributed by atoms with Crippen molar-refractivity contribution < 1.29 is 9.47 Å². The Bertz CT molecular complexity index is 975. The van der Waals surface area contributed by atoms with E-state index in [2.05, 4.69) is 59.3 Å². The molecular weight excluding hydrogens is 414 g/mol. The number of methoxy groups -OCH3 is 2. The summed E-state index contributed by atoms with van der Waals surface area (Å²) < 4.78 is 12.4. The Balaban J connectivity index is 1.77. The molecule has 28 heavy (non-hydrogen) atoms. The second-order valence-electron chi connectivity index (χ2n) is 8.51. The molecule has 3 nitrogen and oxygen atoms in total. The van der Waals surface area contributed by atoms with Crippen LogP contribution in [0.3, 0.4) is 0 Å². The van der Waals surface area contributed by atoms with Crippen molar-refractivity contribution in [2.45, 2.75) is 50.7 Å². The van der Waals surface area contributed by atoms with Crippen molar-refractivity contribution in [1.82, 2.24) is 0 Å². The molecule has 2 aromatic carbocycles. The van der Waals surface area contributed by atoms with Gasteiger partial charge >= 0.3 is 0 Å². The van der Waals surface area contributed by atoms with Gasteiger partial charge in [0.05, 0.1) is 13.2 Å². The number of benzene rings is 2. The van der Waals surface area contributed by atoms with E-state index in [0.717, 1.165) is 48.0 Å². The maximum atomic E-state index is 5.70. The van der Waals surface area contributed by atoms with E-state index in [0.29, 0.717) is 6.10 Å². The molecule has 1 aliphatic heterocycles. The molecule has 2 aliphatic carbocycles. The Kier molecular flexibility index (Phi) is 4.22. The van der Waals surface area contributed by atoms with Crippen LogP contribution in [0, 0.1) is 5.41 Å². The van der Waals surface area contributed by atoms with E-state index < -0.39 is 0 Å². The van der Waals surface area contributed by atoms with E-state index in [4.69, 9.17) is 14.5 Å². The number of nitrogens with zero attached hydrogens (tertiary/aromatic N) is 1. The molecule has 2 aromatic rings. The fourth-order valence-electron chi connectivity index (χ4n) is 5.98. The lowest BCUT2D eigenvalue weighted by molar-refractivity contribution is 0.00682. The van der Waals surface area contributed by atoms with Crippen LogP contribution < -0.4 is 4.74 Å². The predicted octanol–water partition coefficient (Wildman–Crippen LogP) is 5.66. The first-order valence-corrected chi connectivity index (χ1v) is 10.9. The van der Waals surface area contributed by atoms with Crippen LogP contribution in [0.25, 0.3) is 0 Å². The van der Waals surface area contributed by atoms with Crippen molar-refractivity contribution in [3.63, 3.8) is 0 Å². The zero-order valence-corrected chi connectivity index (χ0v) is 18.3. The summed E-state index contributed by atoms with van der Waals surface area (Å²) in [7, 11) is 3.59. The van der Waals surface area contributed by atoms with Gasteiger partial charge in [0.15, 0.2) is 0 Å². The molecule has 1 saturated carbocycles. The fraction of sp³-hybridized carbons (Fsp3) is 0.458. The van der Waals surface area contributed by atoms with Crippen molar-refractivity contribution in [1.29, 1.82) is 0 Å². The third kappa shape index (κ3) is 2.34. The topological polar surface area (TPSA) is 30.8 Å². The van der Waals surface area contributed by atoms with E-state index in [9.17, 15) is 0 Å². The average Bonchev–Trinajstić information content (AvgIpc) is 3.16. The molecule has 0 amide bonds. The first-order valence-electron chi connectivity index (χ1n) is 10.1. The van der Waals surface area contributed by atoms with Gasteiger partial charge in [0, 0.05) is 28.3 Å². The Labute approximate surface area is 175 Å². The van der Waals surface area contributed by atoms with Gasteiger partial charge in [-0.15, -0.1) is 0 Å². The highest BCUT2D eigenvalue weighted by Gasteiger charge is 2.61. The first-order chi connectivity index (χ1) is 13.5. The van der Waals surface area contributed by atoms with Crippen molar-refractivity contribution in [2.24, 2.45) is 10.4 Å². The maximum absolute atomic E-state index is 5.70. The molecule has 5 rings (SSSR count). The molecule has 1 atom stereocenters. The lowest BCUT2D eigenvalue weighted by Crippen LogP contribution is -2.45. The molecule has 1 fully saturated rings. The number of hydrogen-bond acceptors (Lipinski definition) is 3. The summed E-state index contributed by atoms with van der Waals surface area (Å²) in [6.45, 7) is 2.16. The summed E-state index contributed by atoms with van der Waals surface area (Å²) in [5.41, 5.74) is 6.30. The minimum Gasteiger partial charge on any atom is -0.497 e. The lowest BCUT2D eigenvalue weighted by Gasteiger charge is -2.47. The van der Waals surface area contributed by atoms with Crippen molar-refractivity contribution in [2.75, 3.05) is 14.2 Å². The molecular formula is C24H26BrNO2. The molecule has 0 aromatic heterocycles. The smallest absolute Gasteiger partial charge is 0.119 e. The van der Waals surface area contributed by atoms with Crippen LogP contribution >= 0.6 is 15.9 Å². The molecule has 3 aliphatic rings. The SMILES string of the molecule is COc1ccc2c(c1)C1(N=C2C)c2cc(Br)ccc2CC12CCC(OC)CC2. The Hall–Kier alpha value is -1.65. The first kappa shape index (κ1) is 18.4. The van der Waals surface area contributed by atoms with E-state index in [1.807, 2.05) is 7.11 Å². The molecule has 0 N–H and O–H groups in total. The number of halogens is 1. The van der Waals surface area contributed by atoms with Gasteiger partial charge in [-0.2, -0.15) is 0 Å². The monoisotopic (exact) mass is 439 g/mol. The van der Waals surface area contributed by atoms with Gasteiger partial charge in [-0.05, 0) is 86.1 Å². The zero-order valence-electron chi connectivity index (χ0n) is 16.7. The van der Waals surface area contributed by atoms with Crippen molar-refractivity contribution in [3.8, 4) is 5.75 Å². The second kappa shape index (κ2) is 6.43. The standard InChI is InChI=1S/C24H26BrNO2/c1-15-20-7-6-19(28-3)13-22(20)24(26-15)21-12-17(25)5-4-16(21)14-23(24)10-8-18(27-2)9-11-23/h4-7,12-13,18H,8-11,14H2,1-3H3. The van der Waals surface area contributed by atoms with E-state index >= 15 is 0 Å². The maximum Gasteiger partial charge on any atom is 0.119 e. The number of aliphatic imine (C=N–C) groups is 1. The molecule has 146 valence electrons. The van der Waals surface area contributed by atoms with Crippen LogP contribution in [0.2, 0.25) is 0 Å². The number of ether oxygens (including phenoxy) is 2. The largest absolute Gasteiger partial charge is 0.497 e. The Morgan fingerprint density at radius 1 is 1.04 bits per heavy atom. The highest BCUT2D eigenvalue weighted by atomic mass is 79.9. The Morgan fingerprint density at radius 3 is 2.54 bits per heavy atom. The van der Waals surface area contributed by atoms with Gasteiger partial charge in [0.1, 0.15) is 11.3 Å². The summed E-state index contributed by atoms with van der Waals surface area (Å²) in [6, 6.07) is 13.2. The molecule has 1 unspecified atom stereocenters. The van der Waals surface area contributed by atoms with Crippen LogP contribution in [0.15, 0.2) is 45.9 Å². The number of rotatable bonds is 2. The van der Waals surface area contributed by atoms with Crippen LogP contribution in [0.4, 0.5) is 0 Å². The van der Waals surface area contributed by atoms with Crippen molar-refractivity contribution >= 4 is 21.6 Å². The van der Waals surface area contributed by atoms with E-state index in [1.165, 1.54) is 22.3 Å². The summed E-state index contributed by atoms with van der Waals surface area (Å²) in [5, 5.41) is 0.